The van der Waals surface area contributed by atoms with Gasteiger partial charge in [-0.05, 0) is 0 Å². The quantitative estimate of drug-likeness (QED) is 0.468. The molecule has 0 saturated carbocycles. The van der Waals surface area contributed by atoms with Crippen molar-refractivity contribution in [1.29, 1.82) is 5.26 Å². The zero-order chi connectivity index (χ0) is 10.3. The minimum absolute atomic E-state index is 0.120. The molecule has 0 unspecified atom stereocenters. The van der Waals surface area contributed by atoms with Gasteiger partial charge < -0.3 is 11.8 Å². The maximum atomic E-state index is 6.25. The van der Waals surface area contributed by atoms with Gasteiger partial charge in [0.2, 0.25) is 0 Å². The van der Waals surface area contributed by atoms with Crippen LogP contribution >= 0.6 is 0 Å². The smallest absolute Gasteiger partial charge is 0.266 e. The highest BCUT2D eigenvalue weighted by Gasteiger charge is 2.29. The van der Waals surface area contributed by atoms with Crippen LogP contribution < -0.4 is 0 Å². The normalized spacial score (nSPS) is 10.7. The fourth-order valence-electron chi connectivity index (χ4n) is 0.980. The van der Waals surface area contributed by atoms with Crippen LogP contribution in [0.3, 0.4) is 0 Å². The van der Waals surface area contributed by atoms with Crippen LogP contribution in [0.15, 0.2) is 0 Å². The first kappa shape index (κ1) is 14.3. The third-order valence-electron chi connectivity index (χ3n) is 0.980. The Labute approximate surface area is 79.1 Å². The van der Waals surface area contributed by atoms with Gasteiger partial charge in [0, 0.05) is 42.3 Å². The topological polar surface area (TPSA) is 33.5 Å². The highest BCUT2D eigenvalue weighted by atomic mass is 32.2. The summed E-state index contributed by atoms with van der Waals surface area (Å²) in [6, 6.07) is 0. The molecular weight excluding hydrogens is 172 g/mol. The molecule has 0 bridgehead atoms. The molecule has 0 rings (SSSR count). The lowest BCUT2D eigenvalue weighted by Gasteiger charge is -2.20. The zero-order valence-corrected chi connectivity index (χ0v) is 9.51. The molecular formula is C7H18N4S. The SMILES string of the molecule is CN(C)[S+](N(C)C)N(C)C.[C-]#N. The minimum atomic E-state index is 0.120. The average molecular weight is 190 g/mol. The summed E-state index contributed by atoms with van der Waals surface area (Å²) in [4.78, 5) is 0. The predicted molar refractivity (Wildman–Crippen MR) is 53.4 cm³/mol. The molecule has 0 radical (unpaired) electrons. The maximum absolute atomic E-state index is 6.25. The van der Waals surface area contributed by atoms with Crippen LogP contribution in [0.25, 0.3) is 0 Å². The van der Waals surface area contributed by atoms with Gasteiger partial charge in [-0.25, -0.2) is 0 Å². The lowest BCUT2D eigenvalue weighted by Crippen LogP contribution is -2.44. The van der Waals surface area contributed by atoms with Crippen LogP contribution in [-0.4, -0.2) is 55.2 Å². The van der Waals surface area contributed by atoms with E-state index in [1.807, 2.05) is 0 Å². The number of rotatable bonds is 3. The Balaban J connectivity index is 0. The molecule has 0 heterocycles. The summed E-state index contributed by atoms with van der Waals surface area (Å²) >= 11 is 0.120. The Bertz CT molecular complexity index is 103. The molecule has 0 aromatic heterocycles. The van der Waals surface area contributed by atoms with Crippen LogP contribution in [-0.2, 0) is 11.5 Å². The maximum Gasteiger partial charge on any atom is 0.266 e. The standard InChI is InChI=1S/C6H18N3S.CN/c1-7(2)10(8(3)4)9(5)6;1-2/h1-6H3;/q+1;-1. The van der Waals surface area contributed by atoms with Gasteiger partial charge >= 0.3 is 0 Å². The van der Waals surface area contributed by atoms with Crippen LogP contribution in [0.2, 0.25) is 0 Å². The molecule has 72 valence electrons. The summed E-state index contributed by atoms with van der Waals surface area (Å²) < 4.78 is 6.58. The molecule has 0 aromatic carbocycles. The summed E-state index contributed by atoms with van der Waals surface area (Å²) in [7, 11) is 12.5. The number of hydrogen-bond acceptors (Lipinski definition) is 4. The monoisotopic (exact) mass is 190 g/mol. The van der Waals surface area contributed by atoms with Gasteiger partial charge in [-0.3, -0.25) is 0 Å². The van der Waals surface area contributed by atoms with Crippen molar-refractivity contribution in [3.8, 4) is 0 Å². The van der Waals surface area contributed by atoms with Crippen molar-refractivity contribution in [1.82, 2.24) is 12.9 Å². The summed E-state index contributed by atoms with van der Waals surface area (Å²) in [5.74, 6) is 0. The van der Waals surface area contributed by atoms with Crippen molar-refractivity contribution in [2.24, 2.45) is 0 Å². The molecule has 0 fully saturated rings. The molecule has 0 aromatic rings. The van der Waals surface area contributed by atoms with Crippen LogP contribution in [0.1, 0.15) is 0 Å². The van der Waals surface area contributed by atoms with Crippen LogP contribution in [0.4, 0.5) is 0 Å². The van der Waals surface area contributed by atoms with E-state index in [1.54, 1.807) is 0 Å². The molecule has 0 atom stereocenters. The first-order valence-electron chi connectivity index (χ1n) is 3.45. The van der Waals surface area contributed by atoms with E-state index >= 15 is 0 Å². The van der Waals surface area contributed by atoms with Gasteiger partial charge in [0.05, 0.1) is 0 Å². The highest BCUT2D eigenvalue weighted by molar-refractivity contribution is 7.90. The van der Waals surface area contributed by atoms with E-state index in [4.69, 9.17) is 11.8 Å². The summed E-state index contributed by atoms with van der Waals surface area (Å²) in [5, 5.41) is 6.25. The second-order valence-electron chi connectivity index (χ2n) is 2.68. The fraction of sp³-hybridized carbons (Fsp3) is 0.857. The Morgan fingerprint density at radius 2 is 0.917 bits per heavy atom. The molecule has 0 aliphatic heterocycles. The Morgan fingerprint density at radius 1 is 0.750 bits per heavy atom. The van der Waals surface area contributed by atoms with E-state index in [0.29, 0.717) is 0 Å². The lowest BCUT2D eigenvalue weighted by atomic mass is 11.2. The first-order valence-corrected chi connectivity index (χ1v) is 4.55. The van der Waals surface area contributed by atoms with Gasteiger partial charge in [-0.1, -0.05) is 12.9 Å². The number of nitrogens with zero attached hydrogens (tertiary/aromatic N) is 4. The molecule has 0 saturated heterocycles. The van der Waals surface area contributed by atoms with E-state index in [2.05, 4.69) is 55.2 Å². The van der Waals surface area contributed by atoms with Gasteiger partial charge in [0.15, 0.2) is 0 Å². The van der Waals surface area contributed by atoms with E-state index in [0.717, 1.165) is 0 Å². The van der Waals surface area contributed by atoms with Gasteiger partial charge in [0.25, 0.3) is 11.5 Å². The van der Waals surface area contributed by atoms with E-state index in [9.17, 15) is 0 Å². The number of hydrogen-bond donors (Lipinski definition) is 0. The molecule has 12 heavy (non-hydrogen) atoms. The first-order chi connectivity index (χ1) is 5.46. The van der Waals surface area contributed by atoms with E-state index in [1.165, 1.54) is 0 Å². The van der Waals surface area contributed by atoms with Gasteiger partial charge in [-0.15, -0.1) is 0 Å². The third-order valence-corrected chi connectivity index (χ3v) is 2.94. The van der Waals surface area contributed by atoms with E-state index in [-0.39, 0.29) is 11.5 Å². The van der Waals surface area contributed by atoms with Gasteiger partial charge in [0.1, 0.15) is 0 Å². The van der Waals surface area contributed by atoms with Gasteiger partial charge in [-0.2, -0.15) is 0 Å². The molecule has 0 N–H and O–H groups in total. The minimum Gasteiger partial charge on any atom is -0.512 e. The zero-order valence-electron chi connectivity index (χ0n) is 8.70. The Hall–Kier alpha value is -0.280. The van der Waals surface area contributed by atoms with E-state index < -0.39 is 0 Å². The molecule has 0 amide bonds. The third kappa shape index (κ3) is 5.38. The summed E-state index contributed by atoms with van der Waals surface area (Å²) in [6.45, 7) is 4.75. The lowest BCUT2D eigenvalue weighted by molar-refractivity contribution is 0.511. The largest absolute Gasteiger partial charge is 0.512 e. The molecule has 0 aliphatic rings. The molecule has 0 aliphatic carbocycles. The van der Waals surface area contributed by atoms with Crippen molar-refractivity contribution in [2.45, 2.75) is 0 Å². The fourth-order valence-corrected chi connectivity index (χ4v) is 2.94. The summed E-state index contributed by atoms with van der Waals surface area (Å²) in [6.07, 6.45) is 0. The van der Waals surface area contributed by atoms with Crippen molar-refractivity contribution >= 4 is 11.5 Å². The van der Waals surface area contributed by atoms with Crippen LogP contribution in [0, 0.1) is 11.8 Å². The Morgan fingerprint density at radius 3 is 0.917 bits per heavy atom. The molecule has 5 heteroatoms. The second kappa shape index (κ2) is 7.37. The molecule has 4 nitrogen and oxygen atoms in total. The predicted octanol–water partition coefficient (Wildman–Crippen LogP) is 0.131. The second-order valence-corrected chi connectivity index (χ2v) is 5.36. The van der Waals surface area contributed by atoms with Crippen molar-refractivity contribution < 1.29 is 0 Å². The van der Waals surface area contributed by atoms with Crippen molar-refractivity contribution in [3.05, 3.63) is 6.57 Å². The van der Waals surface area contributed by atoms with Crippen molar-refractivity contribution in [3.63, 3.8) is 0 Å². The van der Waals surface area contributed by atoms with Crippen LogP contribution in [0.5, 0.6) is 0 Å². The average Bonchev–Trinajstić information content (AvgIpc) is 1.88. The van der Waals surface area contributed by atoms with Crippen molar-refractivity contribution in [2.75, 3.05) is 42.3 Å². The Kier molecular flexibility index (Phi) is 8.76. The summed E-state index contributed by atoms with van der Waals surface area (Å²) in [5.41, 5.74) is 0. The highest BCUT2D eigenvalue weighted by Crippen LogP contribution is 2.05. The molecule has 0 spiro atoms.